The number of anilines is 1. The molecule has 0 saturated carbocycles. The van der Waals surface area contributed by atoms with Gasteiger partial charge in [-0.15, -0.1) is 11.3 Å². The molecule has 160 valence electrons. The summed E-state index contributed by atoms with van der Waals surface area (Å²) >= 11 is 1.51. The number of benzene rings is 2. The minimum Gasteiger partial charge on any atom is -0.495 e. The van der Waals surface area contributed by atoms with Crippen molar-refractivity contribution < 1.29 is 13.2 Å². The van der Waals surface area contributed by atoms with Crippen molar-refractivity contribution >= 4 is 37.1 Å². The molecule has 9 heteroatoms. The van der Waals surface area contributed by atoms with E-state index >= 15 is 0 Å². The zero-order valence-electron chi connectivity index (χ0n) is 17.1. The molecule has 30 heavy (non-hydrogen) atoms. The lowest BCUT2D eigenvalue weighted by molar-refractivity contribution is 0.187. The molecule has 1 fully saturated rings. The van der Waals surface area contributed by atoms with Crippen LogP contribution in [0.15, 0.2) is 47.4 Å². The van der Waals surface area contributed by atoms with Crippen LogP contribution in [0.4, 0.5) is 5.69 Å². The van der Waals surface area contributed by atoms with Gasteiger partial charge in [0.05, 0.1) is 39.1 Å². The predicted octanol–water partition coefficient (Wildman–Crippen LogP) is 2.36. The maximum atomic E-state index is 11.8. The molecule has 1 aliphatic heterocycles. The third-order valence-electron chi connectivity index (χ3n) is 5.43. The average molecular weight is 447 g/mol. The highest BCUT2D eigenvalue weighted by Gasteiger charge is 2.24. The Morgan fingerprint density at radius 1 is 1.17 bits per heavy atom. The average Bonchev–Trinajstić information content (AvgIpc) is 3.14. The number of hydrogen-bond donors (Lipinski definition) is 1. The third-order valence-corrected chi connectivity index (χ3v) is 7.58. The smallest absolute Gasteiger partial charge is 0.175 e. The highest BCUT2D eigenvalue weighted by atomic mass is 32.2. The molecular weight excluding hydrogens is 420 g/mol. The first-order valence-corrected chi connectivity index (χ1v) is 12.5. The predicted molar refractivity (Wildman–Crippen MR) is 121 cm³/mol. The van der Waals surface area contributed by atoms with E-state index in [0.717, 1.165) is 52.8 Å². The molecule has 1 aromatic heterocycles. The first-order chi connectivity index (χ1) is 14.3. The molecule has 3 aromatic rings. The summed E-state index contributed by atoms with van der Waals surface area (Å²) in [6.07, 6.45) is 1.73. The Kier molecular flexibility index (Phi) is 5.97. The number of ether oxygens (including phenoxy) is 1. The Hall–Kier alpha value is -2.20. The Bertz CT molecular complexity index is 1140. The van der Waals surface area contributed by atoms with Crippen molar-refractivity contribution in [3.05, 3.63) is 47.5 Å². The quantitative estimate of drug-likeness (QED) is 0.622. The van der Waals surface area contributed by atoms with Crippen LogP contribution in [-0.2, 0) is 16.3 Å². The maximum Gasteiger partial charge on any atom is 0.175 e. The fourth-order valence-electron chi connectivity index (χ4n) is 3.76. The van der Waals surface area contributed by atoms with E-state index in [-0.39, 0.29) is 6.17 Å². The van der Waals surface area contributed by atoms with E-state index in [2.05, 4.69) is 20.9 Å². The topological polar surface area (TPSA) is 88.8 Å². The molecule has 1 saturated heterocycles. The fraction of sp³-hybridized carbons (Fsp3) is 0.381. The fourth-order valence-corrected chi connectivity index (χ4v) is 5.54. The molecule has 4 rings (SSSR count). The van der Waals surface area contributed by atoms with Crippen molar-refractivity contribution in [1.82, 2.24) is 9.88 Å². The highest BCUT2D eigenvalue weighted by Crippen LogP contribution is 2.29. The monoisotopic (exact) mass is 446 g/mol. The van der Waals surface area contributed by atoms with Gasteiger partial charge in [-0.05, 0) is 30.3 Å². The van der Waals surface area contributed by atoms with Crippen LogP contribution >= 0.6 is 11.3 Å². The number of thiazole rings is 1. The Morgan fingerprint density at radius 3 is 2.60 bits per heavy atom. The number of rotatable bonds is 6. The van der Waals surface area contributed by atoms with Crippen molar-refractivity contribution in [2.75, 3.05) is 44.4 Å². The summed E-state index contributed by atoms with van der Waals surface area (Å²) in [5, 5.41) is 0.926. The standard InChI is InChI=1S/C21H26N4O3S2/c1-28-18-6-4-3-5-17(18)24-9-11-25(12-10-24)20(22)14-21-23-16-8-7-15(30(2,26)27)13-19(16)29-21/h3-8,13,20H,9-12,14,22H2,1-2H3. The summed E-state index contributed by atoms with van der Waals surface area (Å²) in [6.45, 7) is 3.49. The minimum absolute atomic E-state index is 0.125. The molecule has 7 nitrogen and oxygen atoms in total. The van der Waals surface area contributed by atoms with Crippen LogP contribution in [0, 0.1) is 0 Å². The van der Waals surface area contributed by atoms with Crippen LogP contribution in [0.2, 0.25) is 0 Å². The second-order valence-electron chi connectivity index (χ2n) is 7.48. The number of hydrogen-bond acceptors (Lipinski definition) is 8. The number of nitrogens with two attached hydrogens (primary N) is 1. The van der Waals surface area contributed by atoms with Crippen LogP contribution in [0.25, 0.3) is 10.2 Å². The van der Waals surface area contributed by atoms with Gasteiger partial charge >= 0.3 is 0 Å². The van der Waals surface area contributed by atoms with E-state index in [1.807, 2.05) is 18.2 Å². The van der Waals surface area contributed by atoms with Crippen LogP contribution in [0.1, 0.15) is 5.01 Å². The second kappa shape index (κ2) is 8.50. The van der Waals surface area contributed by atoms with Gasteiger partial charge in [-0.25, -0.2) is 13.4 Å². The van der Waals surface area contributed by atoms with Gasteiger partial charge in [0.1, 0.15) is 5.75 Å². The summed E-state index contributed by atoms with van der Waals surface area (Å²) < 4.78 is 29.9. The SMILES string of the molecule is COc1ccccc1N1CCN(C(N)Cc2nc3ccc(S(C)(=O)=O)cc3s2)CC1. The van der Waals surface area contributed by atoms with Crippen LogP contribution in [0.5, 0.6) is 5.75 Å². The molecule has 0 bridgehead atoms. The zero-order chi connectivity index (χ0) is 21.3. The van der Waals surface area contributed by atoms with Crippen molar-refractivity contribution in [2.24, 2.45) is 5.73 Å². The van der Waals surface area contributed by atoms with E-state index in [1.165, 1.54) is 17.6 Å². The molecule has 2 aromatic carbocycles. The molecule has 0 spiro atoms. The number of sulfone groups is 1. The molecule has 0 amide bonds. The molecule has 2 heterocycles. The summed E-state index contributed by atoms with van der Waals surface area (Å²) in [4.78, 5) is 9.57. The number of piperazine rings is 1. The lowest BCUT2D eigenvalue weighted by Gasteiger charge is -2.39. The Morgan fingerprint density at radius 2 is 1.90 bits per heavy atom. The van der Waals surface area contributed by atoms with Gasteiger partial charge in [0.2, 0.25) is 0 Å². The summed E-state index contributed by atoms with van der Waals surface area (Å²) in [7, 11) is -1.53. The van der Waals surface area contributed by atoms with E-state index in [9.17, 15) is 8.42 Å². The molecule has 0 aliphatic carbocycles. The van der Waals surface area contributed by atoms with Crippen LogP contribution in [-0.4, -0.2) is 64.0 Å². The Labute approximate surface area is 181 Å². The molecule has 0 radical (unpaired) electrons. The van der Waals surface area contributed by atoms with Gasteiger partial charge in [-0.1, -0.05) is 12.1 Å². The Balaban J connectivity index is 1.41. The van der Waals surface area contributed by atoms with Gasteiger partial charge in [-0.2, -0.15) is 0 Å². The van der Waals surface area contributed by atoms with Gasteiger partial charge in [0, 0.05) is 38.9 Å². The highest BCUT2D eigenvalue weighted by molar-refractivity contribution is 7.90. The third kappa shape index (κ3) is 4.44. The largest absolute Gasteiger partial charge is 0.495 e. The van der Waals surface area contributed by atoms with E-state index in [0.29, 0.717) is 11.3 Å². The number of methoxy groups -OCH3 is 1. The van der Waals surface area contributed by atoms with E-state index < -0.39 is 9.84 Å². The summed E-state index contributed by atoms with van der Waals surface area (Å²) in [5.74, 6) is 0.887. The van der Waals surface area contributed by atoms with Crippen LogP contribution < -0.4 is 15.4 Å². The zero-order valence-corrected chi connectivity index (χ0v) is 18.7. The molecule has 1 unspecified atom stereocenters. The second-order valence-corrected chi connectivity index (χ2v) is 10.6. The molecule has 1 atom stereocenters. The van der Waals surface area contributed by atoms with Gasteiger partial charge < -0.3 is 15.4 Å². The lowest BCUT2D eigenvalue weighted by atomic mass is 10.2. The lowest BCUT2D eigenvalue weighted by Crippen LogP contribution is -2.54. The number of aromatic nitrogens is 1. The van der Waals surface area contributed by atoms with Crippen molar-refractivity contribution in [3.8, 4) is 5.75 Å². The minimum atomic E-state index is -3.23. The first kappa shape index (κ1) is 21.0. The molecular formula is C21H26N4O3S2. The van der Waals surface area contributed by atoms with Crippen molar-refractivity contribution in [2.45, 2.75) is 17.5 Å². The normalized spacial score (nSPS) is 16.7. The summed E-state index contributed by atoms with van der Waals surface area (Å²) in [5.41, 5.74) is 8.42. The van der Waals surface area contributed by atoms with Crippen molar-refractivity contribution in [3.63, 3.8) is 0 Å². The van der Waals surface area contributed by atoms with E-state index in [4.69, 9.17) is 10.5 Å². The van der Waals surface area contributed by atoms with Crippen LogP contribution in [0.3, 0.4) is 0 Å². The summed E-state index contributed by atoms with van der Waals surface area (Å²) in [6, 6.07) is 13.1. The maximum absolute atomic E-state index is 11.8. The number of nitrogens with zero attached hydrogens (tertiary/aromatic N) is 3. The number of fused-ring (bicyclic) bond motifs is 1. The van der Waals surface area contributed by atoms with Gasteiger partial charge in [0.15, 0.2) is 9.84 Å². The molecule has 1 aliphatic rings. The molecule has 2 N–H and O–H groups in total. The number of para-hydroxylation sites is 2. The van der Waals surface area contributed by atoms with Gasteiger partial charge in [-0.3, -0.25) is 4.90 Å². The first-order valence-electron chi connectivity index (χ1n) is 9.82. The van der Waals surface area contributed by atoms with E-state index in [1.54, 1.807) is 25.3 Å². The van der Waals surface area contributed by atoms with Gasteiger partial charge in [0.25, 0.3) is 0 Å². The van der Waals surface area contributed by atoms with Crippen molar-refractivity contribution in [1.29, 1.82) is 0 Å².